The predicted octanol–water partition coefficient (Wildman–Crippen LogP) is 2.32. The molecule has 1 aromatic heterocycles. The first kappa shape index (κ1) is 14.8. The molecular weight excluding hydrogens is 274 g/mol. The van der Waals surface area contributed by atoms with Crippen molar-refractivity contribution < 1.29 is 19.1 Å². The van der Waals surface area contributed by atoms with Gasteiger partial charge < -0.3 is 19.7 Å². The lowest BCUT2D eigenvalue weighted by molar-refractivity contribution is -0.141. The molecule has 0 saturated carbocycles. The molecule has 2 aromatic rings. The van der Waals surface area contributed by atoms with Crippen molar-refractivity contribution in [2.75, 3.05) is 18.9 Å². The topological polar surface area (TPSA) is 95.7 Å². The van der Waals surface area contributed by atoms with E-state index in [9.17, 15) is 9.59 Å². The third-order valence-electron chi connectivity index (χ3n) is 3.06. The van der Waals surface area contributed by atoms with E-state index in [1.165, 1.54) is 4.90 Å². The van der Waals surface area contributed by atoms with E-state index in [1.807, 2.05) is 0 Å². The number of carboxylic acids is 1. The number of nitrogens with zero attached hydrogens (tertiary/aromatic N) is 2. The maximum absolute atomic E-state index is 12.0. The lowest BCUT2D eigenvalue weighted by atomic mass is 10.2. The number of amides is 2. The Morgan fingerprint density at radius 2 is 2.19 bits per heavy atom. The first-order chi connectivity index (χ1) is 9.86. The second-order valence-corrected chi connectivity index (χ2v) is 4.97. The van der Waals surface area contributed by atoms with Crippen LogP contribution in [0, 0.1) is 12.8 Å². The van der Waals surface area contributed by atoms with Gasteiger partial charge in [-0.3, -0.25) is 4.79 Å². The molecule has 1 unspecified atom stereocenters. The number of carbonyl (C=O) groups is 2. The molecule has 7 nitrogen and oxygen atoms in total. The van der Waals surface area contributed by atoms with Crippen LogP contribution in [-0.2, 0) is 4.79 Å². The Hall–Kier alpha value is -2.57. The molecule has 7 heteroatoms. The zero-order valence-electron chi connectivity index (χ0n) is 12.1. The average molecular weight is 291 g/mol. The van der Waals surface area contributed by atoms with Crippen LogP contribution in [0.25, 0.3) is 11.1 Å². The monoisotopic (exact) mass is 291 g/mol. The van der Waals surface area contributed by atoms with Gasteiger partial charge in [0.25, 0.3) is 0 Å². The van der Waals surface area contributed by atoms with Crippen molar-refractivity contribution in [1.82, 2.24) is 9.88 Å². The van der Waals surface area contributed by atoms with Crippen molar-refractivity contribution in [2.24, 2.45) is 5.92 Å². The average Bonchev–Trinajstić information content (AvgIpc) is 2.77. The number of carbonyl (C=O) groups excluding carboxylic acids is 1. The summed E-state index contributed by atoms with van der Waals surface area (Å²) in [5.41, 5.74) is 1.88. The highest BCUT2D eigenvalue weighted by Gasteiger charge is 2.17. The number of benzene rings is 1. The van der Waals surface area contributed by atoms with Crippen LogP contribution in [0.4, 0.5) is 10.5 Å². The SMILES string of the molecule is Cc1nc2ccc(NC(=O)N(C)CC(C)C(=O)O)cc2o1. The van der Waals surface area contributed by atoms with E-state index in [1.54, 1.807) is 39.1 Å². The fraction of sp³-hybridized carbons (Fsp3) is 0.357. The van der Waals surface area contributed by atoms with Crippen LogP contribution in [0.15, 0.2) is 22.6 Å². The summed E-state index contributed by atoms with van der Waals surface area (Å²) in [6.45, 7) is 3.43. The minimum absolute atomic E-state index is 0.130. The van der Waals surface area contributed by atoms with Gasteiger partial charge in [0.1, 0.15) is 5.52 Å². The Balaban J connectivity index is 2.04. The van der Waals surface area contributed by atoms with Gasteiger partial charge in [0, 0.05) is 32.3 Å². The first-order valence-electron chi connectivity index (χ1n) is 6.49. The van der Waals surface area contributed by atoms with Gasteiger partial charge in [-0.05, 0) is 12.1 Å². The number of aromatic nitrogens is 1. The van der Waals surface area contributed by atoms with Gasteiger partial charge in [-0.1, -0.05) is 6.92 Å². The molecule has 0 aliphatic rings. The third kappa shape index (κ3) is 3.50. The van der Waals surface area contributed by atoms with Crippen molar-refractivity contribution in [2.45, 2.75) is 13.8 Å². The highest BCUT2D eigenvalue weighted by atomic mass is 16.4. The van der Waals surface area contributed by atoms with Crippen molar-refractivity contribution in [3.8, 4) is 0 Å². The Kier molecular flexibility index (Phi) is 4.11. The molecule has 0 spiro atoms. The van der Waals surface area contributed by atoms with Gasteiger partial charge in [-0.2, -0.15) is 0 Å². The quantitative estimate of drug-likeness (QED) is 0.901. The number of rotatable bonds is 4. The van der Waals surface area contributed by atoms with Crippen molar-refractivity contribution >= 4 is 28.8 Å². The second-order valence-electron chi connectivity index (χ2n) is 4.97. The minimum Gasteiger partial charge on any atom is -0.481 e. The maximum atomic E-state index is 12.0. The number of nitrogens with one attached hydrogen (secondary N) is 1. The summed E-state index contributed by atoms with van der Waals surface area (Å²) in [6.07, 6.45) is 0. The summed E-state index contributed by atoms with van der Waals surface area (Å²) in [5, 5.41) is 11.5. The number of carboxylic acid groups (broad SMARTS) is 1. The van der Waals surface area contributed by atoms with E-state index in [-0.39, 0.29) is 12.6 Å². The zero-order valence-corrected chi connectivity index (χ0v) is 12.1. The Labute approximate surface area is 121 Å². The summed E-state index contributed by atoms with van der Waals surface area (Å²) in [6, 6.07) is 4.78. The molecule has 2 rings (SSSR count). The van der Waals surface area contributed by atoms with Gasteiger partial charge in [0.15, 0.2) is 11.5 Å². The minimum atomic E-state index is -0.937. The van der Waals surface area contributed by atoms with Crippen LogP contribution in [-0.4, -0.2) is 40.6 Å². The van der Waals surface area contributed by atoms with Crippen molar-refractivity contribution in [3.63, 3.8) is 0 Å². The maximum Gasteiger partial charge on any atom is 0.321 e. The zero-order chi connectivity index (χ0) is 15.6. The predicted molar refractivity (Wildman–Crippen MR) is 77.2 cm³/mol. The lowest BCUT2D eigenvalue weighted by Gasteiger charge is -2.19. The largest absolute Gasteiger partial charge is 0.481 e. The van der Waals surface area contributed by atoms with Gasteiger partial charge >= 0.3 is 12.0 Å². The van der Waals surface area contributed by atoms with Gasteiger partial charge in [-0.25, -0.2) is 9.78 Å². The Bertz CT molecular complexity index is 680. The van der Waals surface area contributed by atoms with E-state index in [4.69, 9.17) is 9.52 Å². The summed E-state index contributed by atoms with van der Waals surface area (Å²) in [5.74, 6) is -1.01. The van der Waals surface area contributed by atoms with Crippen LogP contribution in [0.2, 0.25) is 0 Å². The van der Waals surface area contributed by atoms with Crippen LogP contribution in [0.1, 0.15) is 12.8 Å². The first-order valence-corrected chi connectivity index (χ1v) is 6.49. The number of aliphatic carboxylic acids is 1. The molecular formula is C14H17N3O4. The molecule has 0 aliphatic carbocycles. The van der Waals surface area contributed by atoms with E-state index < -0.39 is 11.9 Å². The molecule has 1 atom stereocenters. The number of oxazole rings is 1. The summed E-state index contributed by atoms with van der Waals surface area (Å²) >= 11 is 0. The van der Waals surface area contributed by atoms with E-state index in [0.29, 0.717) is 17.2 Å². The summed E-state index contributed by atoms with van der Waals surface area (Å²) in [7, 11) is 1.55. The lowest BCUT2D eigenvalue weighted by Crippen LogP contribution is -2.36. The number of hydrogen-bond acceptors (Lipinski definition) is 4. The van der Waals surface area contributed by atoms with Gasteiger partial charge in [0.05, 0.1) is 5.92 Å². The molecule has 2 amide bonds. The normalized spacial score (nSPS) is 12.1. The number of urea groups is 1. The highest BCUT2D eigenvalue weighted by molar-refractivity contribution is 5.91. The van der Waals surface area contributed by atoms with Gasteiger partial charge in [0.2, 0.25) is 0 Å². The molecule has 0 bridgehead atoms. The Morgan fingerprint density at radius 3 is 2.86 bits per heavy atom. The number of hydrogen-bond donors (Lipinski definition) is 2. The standard InChI is InChI=1S/C14H17N3O4/c1-8(13(18)19)7-17(3)14(20)16-10-4-5-11-12(6-10)21-9(2)15-11/h4-6,8H,7H2,1-3H3,(H,16,20)(H,18,19). The third-order valence-corrected chi connectivity index (χ3v) is 3.06. The van der Waals surface area contributed by atoms with Crippen molar-refractivity contribution in [3.05, 3.63) is 24.1 Å². The molecule has 1 aromatic carbocycles. The molecule has 0 saturated heterocycles. The summed E-state index contributed by atoms with van der Waals surface area (Å²) < 4.78 is 5.39. The van der Waals surface area contributed by atoms with E-state index in [0.717, 1.165) is 5.52 Å². The number of aryl methyl sites for hydroxylation is 1. The Morgan fingerprint density at radius 1 is 1.48 bits per heavy atom. The summed E-state index contributed by atoms with van der Waals surface area (Å²) in [4.78, 5) is 28.3. The van der Waals surface area contributed by atoms with Crippen LogP contribution in [0.5, 0.6) is 0 Å². The molecule has 0 aliphatic heterocycles. The van der Waals surface area contributed by atoms with Crippen molar-refractivity contribution in [1.29, 1.82) is 0 Å². The highest BCUT2D eigenvalue weighted by Crippen LogP contribution is 2.20. The number of anilines is 1. The number of fused-ring (bicyclic) bond motifs is 1. The van der Waals surface area contributed by atoms with Crippen LogP contribution in [0.3, 0.4) is 0 Å². The van der Waals surface area contributed by atoms with E-state index in [2.05, 4.69) is 10.3 Å². The van der Waals surface area contributed by atoms with Crippen LogP contribution >= 0.6 is 0 Å². The smallest absolute Gasteiger partial charge is 0.321 e. The fourth-order valence-corrected chi connectivity index (χ4v) is 1.91. The molecule has 0 radical (unpaired) electrons. The molecule has 2 N–H and O–H groups in total. The van der Waals surface area contributed by atoms with Crippen LogP contribution < -0.4 is 5.32 Å². The molecule has 112 valence electrons. The molecule has 1 heterocycles. The molecule has 21 heavy (non-hydrogen) atoms. The second kappa shape index (κ2) is 5.82. The van der Waals surface area contributed by atoms with E-state index >= 15 is 0 Å². The van der Waals surface area contributed by atoms with Gasteiger partial charge in [-0.15, -0.1) is 0 Å². The fourth-order valence-electron chi connectivity index (χ4n) is 1.91. The molecule has 0 fully saturated rings.